The molecule has 0 aliphatic rings. The number of benzene rings is 2. The van der Waals surface area contributed by atoms with Crippen LogP contribution in [0.15, 0.2) is 42.6 Å². The molecule has 30 heavy (non-hydrogen) atoms. The van der Waals surface area contributed by atoms with Crippen LogP contribution in [0.5, 0.6) is 5.75 Å². The number of amides is 1. The number of H-pyrrole nitrogens is 1. The molecule has 3 N–H and O–H groups in total. The van der Waals surface area contributed by atoms with Crippen molar-refractivity contribution in [3.8, 4) is 5.75 Å². The fourth-order valence-electron chi connectivity index (χ4n) is 3.18. The molecule has 0 unspecified atom stereocenters. The summed E-state index contributed by atoms with van der Waals surface area (Å²) in [6.45, 7) is 0.305. The molecule has 0 bridgehead atoms. The summed E-state index contributed by atoms with van der Waals surface area (Å²) in [6, 6.07) is 10.0. The number of hydrogen-bond acceptors (Lipinski definition) is 4. The van der Waals surface area contributed by atoms with Gasteiger partial charge in [-0.3, -0.25) is 15.0 Å². The molecule has 1 heterocycles. The quantitative estimate of drug-likeness (QED) is 0.451. The van der Waals surface area contributed by atoms with Crippen LogP contribution in [-0.4, -0.2) is 36.0 Å². The van der Waals surface area contributed by atoms with Crippen molar-refractivity contribution in [1.82, 2.24) is 10.3 Å². The molecule has 0 spiro atoms. The summed E-state index contributed by atoms with van der Waals surface area (Å²) in [7, 11) is 1.34. The van der Waals surface area contributed by atoms with Gasteiger partial charge in [0.15, 0.2) is 11.6 Å². The van der Waals surface area contributed by atoms with Crippen LogP contribution < -0.4 is 10.1 Å². The third-order valence-corrected chi connectivity index (χ3v) is 4.94. The van der Waals surface area contributed by atoms with Gasteiger partial charge >= 0.3 is 0 Å². The number of ether oxygens (including phenoxy) is 1. The molecule has 3 rings (SSSR count). The molecule has 156 valence electrons. The molecule has 0 aliphatic heterocycles. The van der Waals surface area contributed by atoms with Crippen LogP contribution in [0.3, 0.4) is 0 Å². The van der Waals surface area contributed by atoms with Gasteiger partial charge in [-0.05, 0) is 41.8 Å². The van der Waals surface area contributed by atoms with Crippen molar-refractivity contribution in [1.29, 1.82) is 5.41 Å². The number of fused-ring (bicyclic) bond motifs is 1. The van der Waals surface area contributed by atoms with E-state index in [1.165, 1.54) is 19.2 Å². The number of methoxy groups -OCH3 is 1. The van der Waals surface area contributed by atoms with Crippen molar-refractivity contribution < 1.29 is 18.7 Å². The van der Waals surface area contributed by atoms with Gasteiger partial charge in [-0.2, -0.15) is 0 Å². The molecular formula is C22H21ClFN3O3. The lowest BCUT2D eigenvalue weighted by Gasteiger charge is -2.08. The van der Waals surface area contributed by atoms with Gasteiger partial charge in [0.2, 0.25) is 0 Å². The number of aromatic amines is 1. The van der Waals surface area contributed by atoms with Gasteiger partial charge in [0, 0.05) is 35.1 Å². The van der Waals surface area contributed by atoms with E-state index in [9.17, 15) is 14.0 Å². The van der Waals surface area contributed by atoms with Crippen LogP contribution in [0.2, 0.25) is 5.02 Å². The van der Waals surface area contributed by atoms with Crippen LogP contribution in [-0.2, 0) is 22.4 Å². The van der Waals surface area contributed by atoms with Crippen LogP contribution in [0.4, 0.5) is 4.39 Å². The zero-order valence-corrected chi connectivity index (χ0v) is 17.1. The van der Waals surface area contributed by atoms with E-state index in [2.05, 4.69) is 10.3 Å². The number of hydrogen-bond donors (Lipinski definition) is 3. The number of aromatic nitrogens is 1. The normalized spacial score (nSPS) is 10.8. The Hall–Kier alpha value is -3.19. The van der Waals surface area contributed by atoms with E-state index in [0.29, 0.717) is 18.0 Å². The van der Waals surface area contributed by atoms with Gasteiger partial charge in [0.25, 0.3) is 5.91 Å². The van der Waals surface area contributed by atoms with Gasteiger partial charge in [-0.15, -0.1) is 0 Å². The summed E-state index contributed by atoms with van der Waals surface area (Å²) in [5.74, 6) is -1.60. The van der Waals surface area contributed by atoms with E-state index in [1.807, 2.05) is 18.3 Å². The molecule has 0 saturated heterocycles. The van der Waals surface area contributed by atoms with Gasteiger partial charge in [0.1, 0.15) is 11.5 Å². The van der Waals surface area contributed by atoms with E-state index in [4.69, 9.17) is 21.7 Å². The number of ketones is 1. The lowest BCUT2D eigenvalue weighted by Crippen LogP contribution is -2.33. The lowest BCUT2D eigenvalue weighted by atomic mass is 10.0. The van der Waals surface area contributed by atoms with E-state index in [-0.39, 0.29) is 29.9 Å². The molecular weight excluding hydrogens is 409 g/mol. The monoisotopic (exact) mass is 429 g/mol. The van der Waals surface area contributed by atoms with E-state index >= 15 is 0 Å². The highest BCUT2D eigenvalue weighted by Gasteiger charge is 2.17. The maximum Gasteiger partial charge on any atom is 0.265 e. The van der Waals surface area contributed by atoms with E-state index in [1.54, 1.807) is 12.1 Å². The summed E-state index contributed by atoms with van der Waals surface area (Å²) in [4.78, 5) is 27.4. The van der Waals surface area contributed by atoms with Crippen molar-refractivity contribution in [2.75, 3.05) is 13.7 Å². The Morgan fingerprint density at radius 2 is 2.03 bits per heavy atom. The Labute approximate surface area is 177 Å². The van der Waals surface area contributed by atoms with Crippen molar-refractivity contribution >= 4 is 39.9 Å². The Balaban J connectivity index is 1.50. The van der Waals surface area contributed by atoms with Crippen molar-refractivity contribution in [2.24, 2.45) is 0 Å². The minimum atomic E-state index is -0.618. The first-order valence-corrected chi connectivity index (χ1v) is 9.71. The zero-order chi connectivity index (χ0) is 21.7. The van der Waals surface area contributed by atoms with Crippen LogP contribution >= 0.6 is 11.6 Å². The summed E-state index contributed by atoms with van der Waals surface area (Å²) >= 11 is 6.03. The Kier molecular flexibility index (Phi) is 6.84. The molecule has 0 radical (unpaired) electrons. The van der Waals surface area contributed by atoms with Gasteiger partial charge in [-0.25, -0.2) is 4.39 Å². The topological polar surface area (TPSA) is 95.0 Å². The molecule has 2 aromatic carbocycles. The first-order chi connectivity index (χ1) is 14.4. The van der Waals surface area contributed by atoms with Crippen LogP contribution in [0, 0.1) is 11.2 Å². The number of Topliss-reactive ketones (excluding diaryl/α,β-unsaturated/α-hetero) is 1. The third kappa shape index (κ3) is 5.04. The lowest BCUT2D eigenvalue weighted by molar-refractivity contribution is -0.119. The molecule has 1 aromatic heterocycles. The first-order valence-electron chi connectivity index (χ1n) is 9.33. The van der Waals surface area contributed by atoms with Crippen LogP contribution in [0.25, 0.3) is 10.9 Å². The predicted octanol–water partition coefficient (Wildman–Crippen LogP) is 3.85. The summed E-state index contributed by atoms with van der Waals surface area (Å²) in [5, 5.41) is 12.1. The average Bonchev–Trinajstić information content (AvgIpc) is 3.11. The number of carbonyl (C=O) groups is 2. The first kappa shape index (κ1) is 21.5. The molecule has 0 saturated carbocycles. The summed E-state index contributed by atoms with van der Waals surface area (Å²) in [6.07, 6.45) is 1.81. The molecule has 0 aliphatic carbocycles. The second-order valence-electron chi connectivity index (χ2n) is 6.81. The molecule has 6 nitrogen and oxygen atoms in total. The van der Waals surface area contributed by atoms with E-state index < -0.39 is 17.5 Å². The molecule has 1 amide bonds. The molecule has 0 fully saturated rings. The maximum absolute atomic E-state index is 14.1. The molecule has 8 heteroatoms. The van der Waals surface area contributed by atoms with Gasteiger partial charge in [-0.1, -0.05) is 23.7 Å². The number of rotatable bonds is 9. The number of halogens is 2. The van der Waals surface area contributed by atoms with Crippen molar-refractivity contribution in [2.45, 2.75) is 19.3 Å². The molecule has 3 aromatic rings. The minimum Gasteiger partial charge on any atom is -0.494 e. The van der Waals surface area contributed by atoms with Crippen LogP contribution in [0.1, 0.15) is 17.5 Å². The fraction of sp³-hybridized carbons (Fsp3) is 0.227. The highest BCUT2D eigenvalue weighted by molar-refractivity contribution is 6.40. The van der Waals surface area contributed by atoms with Crippen molar-refractivity contribution in [3.05, 3.63) is 64.6 Å². The Morgan fingerprint density at radius 1 is 1.23 bits per heavy atom. The SMILES string of the molecule is COc1cccc(CC(=O)CC(=N)C(=O)NCCc2c[nH]c3ccc(Cl)cc23)c1F. The summed E-state index contributed by atoms with van der Waals surface area (Å²) < 4.78 is 19.0. The van der Waals surface area contributed by atoms with E-state index in [0.717, 1.165) is 16.5 Å². The second kappa shape index (κ2) is 9.54. The average molecular weight is 430 g/mol. The smallest absolute Gasteiger partial charge is 0.265 e. The Morgan fingerprint density at radius 3 is 2.80 bits per heavy atom. The predicted molar refractivity (Wildman–Crippen MR) is 114 cm³/mol. The fourth-order valence-corrected chi connectivity index (χ4v) is 3.35. The number of carbonyl (C=O) groups excluding carboxylic acids is 2. The summed E-state index contributed by atoms with van der Waals surface area (Å²) in [5.41, 5.74) is 1.75. The van der Waals surface area contributed by atoms with Gasteiger partial charge < -0.3 is 15.0 Å². The highest BCUT2D eigenvalue weighted by atomic mass is 35.5. The molecule has 0 atom stereocenters. The van der Waals surface area contributed by atoms with Crippen molar-refractivity contribution in [3.63, 3.8) is 0 Å². The highest BCUT2D eigenvalue weighted by Crippen LogP contribution is 2.23. The minimum absolute atomic E-state index is 0.0479. The zero-order valence-electron chi connectivity index (χ0n) is 16.4. The maximum atomic E-state index is 14.1. The third-order valence-electron chi connectivity index (χ3n) is 4.71. The second-order valence-corrected chi connectivity index (χ2v) is 7.25. The standard InChI is InChI=1S/C22H21ClFN3O3/c1-30-20-4-2-3-13(21(20)24)9-16(28)11-18(25)22(29)26-8-7-14-12-27-19-6-5-15(23)10-17(14)19/h2-6,10,12,25,27H,7-9,11H2,1H3,(H,26,29). The Bertz CT molecular complexity index is 1110. The number of nitrogens with one attached hydrogen (secondary N) is 3. The van der Waals surface area contributed by atoms with Gasteiger partial charge in [0.05, 0.1) is 13.5 Å². The largest absolute Gasteiger partial charge is 0.494 e.